The van der Waals surface area contributed by atoms with Gasteiger partial charge >= 0.3 is 6.03 Å². The molecule has 1 aromatic heterocycles. The standard InChI is InChI=1S/C21H23FN6O2/c1-12(2)18(19(23)29)28-20-15-5-3-4-6-16(15)26-17(27-20)11-24-21(30)25-14-9-7-13(22)8-10-14/h3-10,12,18H,11H2,1-2H3,(H2,23,29)(H2,24,25,30)(H,26,27,28)/t18-/m0/s1. The van der Waals surface area contributed by atoms with Crippen molar-refractivity contribution in [2.24, 2.45) is 11.7 Å². The number of nitrogens with two attached hydrogens (primary N) is 1. The van der Waals surface area contributed by atoms with Crippen LogP contribution in [-0.4, -0.2) is 27.9 Å². The molecule has 0 bridgehead atoms. The van der Waals surface area contributed by atoms with E-state index in [-0.39, 0.29) is 18.3 Å². The van der Waals surface area contributed by atoms with Crippen molar-refractivity contribution in [1.29, 1.82) is 0 Å². The molecular formula is C21H23FN6O2. The van der Waals surface area contributed by atoms with E-state index in [4.69, 9.17) is 5.73 Å². The van der Waals surface area contributed by atoms with Gasteiger partial charge in [0.25, 0.3) is 0 Å². The Morgan fingerprint density at radius 1 is 1.07 bits per heavy atom. The number of rotatable bonds is 7. The van der Waals surface area contributed by atoms with Crippen LogP contribution in [0.4, 0.5) is 20.7 Å². The minimum Gasteiger partial charge on any atom is -0.368 e. The molecule has 5 N–H and O–H groups in total. The molecule has 156 valence electrons. The van der Waals surface area contributed by atoms with Crippen molar-refractivity contribution in [3.05, 3.63) is 60.2 Å². The lowest BCUT2D eigenvalue weighted by atomic mass is 10.0. The van der Waals surface area contributed by atoms with Crippen LogP contribution in [0, 0.1) is 11.7 Å². The van der Waals surface area contributed by atoms with Crippen molar-refractivity contribution in [2.45, 2.75) is 26.4 Å². The van der Waals surface area contributed by atoms with E-state index in [0.29, 0.717) is 22.8 Å². The van der Waals surface area contributed by atoms with E-state index in [2.05, 4.69) is 25.9 Å². The number of hydrogen-bond donors (Lipinski definition) is 4. The van der Waals surface area contributed by atoms with Gasteiger partial charge in [-0.05, 0) is 42.3 Å². The zero-order chi connectivity index (χ0) is 21.7. The number of primary amides is 1. The van der Waals surface area contributed by atoms with Crippen LogP contribution in [0.2, 0.25) is 0 Å². The third-order valence-electron chi connectivity index (χ3n) is 4.42. The lowest BCUT2D eigenvalue weighted by molar-refractivity contribution is -0.119. The molecule has 0 saturated heterocycles. The maximum atomic E-state index is 13.0. The molecule has 0 spiro atoms. The molecule has 3 rings (SSSR count). The predicted octanol–water partition coefficient (Wildman–Crippen LogP) is 3.01. The number of aromatic nitrogens is 2. The highest BCUT2D eigenvalue weighted by atomic mass is 19.1. The second-order valence-electron chi connectivity index (χ2n) is 7.09. The summed E-state index contributed by atoms with van der Waals surface area (Å²) in [6.07, 6.45) is 0. The van der Waals surface area contributed by atoms with Gasteiger partial charge in [0, 0.05) is 11.1 Å². The molecule has 0 aliphatic carbocycles. The maximum Gasteiger partial charge on any atom is 0.319 e. The summed E-state index contributed by atoms with van der Waals surface area (Å²) in [5.41, 5.74) is 6.64. The van der Waals surface area contributed by atoms with Crippen LogP contribution in [0.25, 0.3) is 10.9 Å². The molecule has 2 aromatic carbocycles. The van der Waals surface area contributed by atoms with E-state index >= 15 is 0 Å². The van der Waals surface area contributed by atoms with E-state index in [1.807, 2.05) is 38.1 Å². The molecule has 3 aromatic rings. The highest BCUT2D eigenvalue weighted by molar-refractivity contribution is 5.92. The Labute approximate surface area is 173 Å². The molecule has 0 aliphatic rings. The van der Waals surface area contributed by atoms with Crippen molar-refractivity contribution in [3.8, 4) is 0 Å². The highest BCUT2D eigenvalue weighted by Crippen LogP contribution is 2.22. The van der Waals surface area contributed by atoms with Crippen molar-refractivity contribution >= 4 is 34.3 Å². The minimum absolute atomic E-state index is 0.0423. The van der Waals surface area contributed by atoms with Crippen molar-refractivity contribution in [1.82, 2.24) is 15.3 Å². The van der Waals surface area contributed by atoms with Crippen LogP contribution in [0.3, 0.4) is 0 Å². The second kappa shape index (κ2) is 9.17. The van der Waals surface area contributed by atoms with E-state index < -0.39 is 18.0 Å². The lowest BCUT2D eigenvalue weighted by Crippen LogP contribution is -2.40. The van der Waals surface area contributed by atoms with Gasteiger partial charge in [-0.15, -0.1) is 0 Å². The Bertz CT molecular complexity index is 1060. The Kier molecular flexibility index (Phi) is 6.41. The summed E-state index contributed by atoms with van der Waals surface area (Å²) >= 11 is 0. The molecule has 3 amide bonds. The summed E-state index contributed by atoms with van der Waals surface area (Å²) in [5, 5.41) is 9.11. The number of fused-ring (bicyclic) bond motifs is 1. The third-order valence-corrected chi connectivity index (χ3v) is 4.42. The molecule has 0 aliphatic heterocycles. The topological polar surface area (TPSA) is 122 Å². The molecule has 0 radical (unpaired) electrons. The number of benzene rings is 2. The summed E-state index contributed by atoms with van der Waals surface area (Å²) in [6, 6.07) is 11.7. The summed E-state index contributed by atoms with van der Waals surface area (Å²) in [5.74, 6) is -0.0853. The number of nitrogens with one attached hydrogen (secondary N) is 3. The Hall–Kier alpha value is -3.75. The number of carbonyl (C=O) groups excluding carboxylic acids is 2. The molecule has 1 atom stereocenters. The number of halogens is 1. The molecule has 30 heavy (non-hydrogen) atoms. The third kappa shape index (κ3) is 5.19. The number of urea groups is 1. The molecule has 1 heterocycles. The van der Waals surface area contributed by atoms with Crippen LogP contribution in [0.15, 0.2) is 48.5 Å². The van der Waals surface area contributed by atoms with Crippen molar-refractivity contribution < 1.29 is 14.0 Å². The number of amides is 3. The van der Waals surface area contributed by atoms with Gasteiger partial charge in [0.1, 0.15) is 17.7 Å². The predicted molar refractivity (Wildman–Crippen MR) is 113 cm³/mol. The maximum absolute atomic E-state index is 13.0. The van der Waals surface area contributed by atoms with Gasteiger partial charge in [-0.3, -0.25) is 4.79 Å². The molecule has 0 saturated carbocycles. The molecule has 9 heteroatoms. The van der Waals surface area contributed by atoms with Gasteiger partial charge in [-0.2, -0.15) is 0 Å². The van der Waals surface area contributed by atoms with Crippen LogP contribution >= 0.6 is 0 Å². The Morgan fingerprint density at radius 3 is 2.43 bits per heavy atom. The first-order valence-electron chi connectivity index (χ1n) is 9.45. The lowest BCUT2D eigenvalue weighted by Gasteiger charge is -2.21. The fourth-order valence-electron chi connectivity index (χ4n) is 2.90. The first-order valence-corrected chi connectivity index (χ1v) is 9.45. The summed E-state index contributed by atoms with van der Waals surface area (Å²) in [7, 11) is 0. The zero-order valence-corrected chi connectivity index (χ0v) is 16.6. The molecule has 8 nitrogen and oxygen atoms in total. The molecular weight excluding hydrogens is 387 g/mol. The summed E-state index contributed by atoms with van der Waals surface area (Å²) in [6.45, 7) is 3.82. The number of nitrogens with zero attached hydrogens (tertiary/aromatic N) is 2. The van der Waals surface area contributed by atoms with E-state index in [9.17, 15) is 14.0 Å². The fraction of sp³-hybridized carbons (Fsp3) is 0.238. The minimum atomic E-state index is -0.606. The number of anilines is 2. The van der Waals surface area contributed by atoms with Gasteiger partial charge < -0.3 is 21.7 Å². The van der Waals surface area contributed by atoms with Crippen molar-refractivity contribution in [2.75, 3.05) is 10.6 Å². The monoisotopic (exact) mass is 410 g/mol. The average Bonchev–Trinajstić information content (AvgIpc) is 2.71. The van der Waals surface area contributed by atoms with Gasteiger partial charge in [0.15, 0.2) is 5.82 Å². The number of para-hydroxylation sites is 1. The van der Waals surface area contributed by atoms with E-state index in [1.165, 1.54) is 24.3 Å². The normalized spacial score (nSPS) is 11.9. The van der Waals surface area contributed by atoms with Gasteiger partial charge in [0.2, 0.25) is 5.91 Å². The van der Waals surface area contributed by atoms with Gasteiger partial charge in [0.05, 0.1) is 12.1 Å². The quantitative estimate of drug-likeness (QED) is 0.477. The number of carbonyl (C=O) groups is 2. The number of hydrogen-bond acceptors (Lipinski definition) is 5. The van der Waals surface area contributed by atoms with Crippen LogP contribution < -0.4 is 21.7 Å². The largest absolute Gasteiger partial charge is 0.368 e. The smallest absolute Gasteiger partial charge is 0.319 e. The van der Waals surface area contributed by atoms with E-state index in [1.54, 1.807) is 0 Å². The highest BCUT2D eigenvalue weighted by Gasteiger charge is 2.21. The Morgan fingerprint density at radius 2 is 1.77 bits per heavy atom. The fourth-order valence-corrected chi connectivity index (χ4v) is 2.90. The second-order valence-corrected chi connectivity index (χ2v) is 7.09. The summed E-state index contributed by atoms with van der Waals surface area (Å²) < 4.78 is 13.0. The van der Waals surface area contributed by atoms with E-state index in [0.717, 1.165) is 5.39 Å². The van der Waals surface area contributed by atoms with Crippen LogP contribution in [-0.2, 0) is 11.3 Å². The van der Waals surface area contributed by atoms with Gasteiger partial charge in [-0.1, -0.05) is 26.0 Å². The first kappa shape index (κ1) is 21.0. The van der Waals surface area contributed by atoms with Crippen LogP contribution in [0.1, 0.15) is 19.7 Å². The molecule has 0 unspecified atom stereocenters. The SMILES string of the molecule is CC(C)[C@H](Nc1nc(CNC(=O)Nc2ccc(F)cc2)nc2ccccc12)C(N)=O. The van der Waals surface area contributed by atoms with Crippen molar-refractivity contribution in [3.63, 3.8) is 0 Å². The van der Waals surface area contributed by atoms with Crippen LogP contribution in [0.5, 0.6) is 0 Å². The zero-order valence-electron chi connectivity index (χ0n) is 16.6. The average molecular weight is 410 g/mol. The van der Waals surface area contributed by atoms with Gasteiger partial charge in [-0.25, -0.2) is 19.2 Å². The molecule has 0 fully saturated rings. The first-order chi connectivity index (χ1) is 14.3. The Balaban J connectivity index is 1.78. The summed E-state index contributed by atoms with van der Waals surface area (Å²) in [4.78, 5) is 32.9.